The number of hydrogen-bond donors (Lipinski definition) is 1. The quantitative estimate of drug-likeness (QED) is 0.795. The molecular formula is C16H22ClNOS. The van der Waals surface area contributed by atoms with E-state index >= 15 is 0 Å². The first-order valence-electron chi connectivity index (χ1n) is 7.35. The van der Waals surface area contributed by atoms with Crippen molar-refractivity contribution in [2.45, 2.75) is 37.9 Å². The summed E-state index contributed by atoms with van der Waals surface area (Å²) in [6.45, 7) is 0.771. The lowest BCUT2D eigenvalue weighted by molar-refractivity contribution is -0.125. The number of hydrogen-bond acceptors (Lipinski definition) is 2. The minimum absolute atomic E-state index is 0.261. The normalized spacial score (nSPS) is 16.1. The molecule has 0 aliphatic heterocycles. The number of amides is 1. The van der Waals surface area contributed by atoms with Crippen molar-refractivity contribution in [2.75, 3.05) is 12.3 Å². The van der Waals surface area contributed by atoms with Crippen LogP contribution in [0.25, 0.3) is 0 Å². The van der Waals surface area contributed by atoms with Gasteiger partial charge < -0.3 is 5.32 Å². The number of rotatable bonds is 6. The topological polar surface area (TPSA) is 29.1 Å². The van der Waals surface area contributed by atoms with E-state index in [9.17, 15) is 4.79 Å². The number of thioether (sulfide) groups is 1. The first-order valence-corrected chi connectivity index (χ1v) is 8.89. The second kappa shape index (κ2) is 8.58. The number of carbonyl (C=O) groups is 1. The van der Waals surface area contributed by atoms with E-state index in [0.717, 1.165) is 35.9 Å². The van der Waals surface area contributed by atoms with Gasteiger partial charge in [-0.25, -0.2) is 0 Å². The molecule has 1 amide bonds. The minimum atomic E-state index is 0.261. The van der Waals surface area contributed by atoms with Gasteiger partial charge in [-0.2, -0.15) is 11.8 Å². The number of nitrogens with one attached hydrogen (secondary N) is 1. The molecule has 110 valence electrons. The van der Waals surface area contributed by atoms with E-state index < -0.39 is 0 Å². The highest BCUT2D eigenvalue weighted by molar-refractivity contribution is 7.98. The molecule has 0 bridgehead atoms. The predicted molar refractivity (Wildman–Crippen MR) is 87.2 cm³/mol. The highest BCUT2D eigenvalue weighted by atomic mass is 35.5. The molecule has 0 atom stereocenters. The standard InChI is InChI=1S/C16H22ClNOS/c17-15-8-6-13(7-9-15)12-20-11-10-18-16(19)14-4-2-1-3-5-14/h6-9,14H,1-5,10-12H2,(H,18,19). The average molecular weight is 312 g/mol. The zero-order valence-electron chi connectivity index (χ0n) is 11.7. The molecule has 4 heteroatoms. The number of carbonyl (C=O) groups excluding carboxylic acids is 1. The van der Waals surface area contributed by atoms with E-state index in [0.29, 0.717) is 0 Å². The molecule has 1 aromatic rings. The molecule has 1 aromatic carbocycles. The molecule has 1 N–H and O–H groups in total. The van der Waals surface area contributed by atoms with Gasteiger partial charge in [0.1, 0.15) is 0 Å². The first-order chi connectivity index (χ1) is 9.75. The van der Waals surface area contributed by atoms with E-state index in [2.05, 4.69) is 17.4 Å². The van der Waals surface area contributed by atoms with Gasteiger partial charge in [0.25, 0.3) is 0 Å². The third-order valence-corrected chi connectivity index (χ3v) is 4.99. The Kier molecular flexibility index (Phi) is 6.74. The molecule has 0 unspecified atom stereocenters. The zero-order chi connectivity index (χ0) is 14.2. The summed E-state index contributed by atoms with van der Waals surface area (Å²) in [4.78, 5) is 11.9. The lowest BCUT2D eigenvalue weighted by Gasteiger charge is -2.20. The Morgan fingerprint density at radius 3 is 2.60 bits per heavy atom. The Balaban J connectivity index is 1.57. The highest BCUT2D eigenvalue weighted by Gasteiger charge is 2.20. The molecule has 1 saturated carbocycles. The summed E-state index contributed by atoms with van der Waals surface area (Å²) in [6.07, 6.45) is 5.86. The van der Waals surface area contributed by atoms with Gasteiger partial charge in [-0.05, 0) is 30.5 Å². The van der Waals surface area contributed by atoms with Crippen LogP contribution in [0.1, 0.15) is 37.7 Å². The van der Waals surface area contributed by atoms with E-state index in [1.54, 1.807) is 0 Å². The van der Waals surface area contributed by atoms with Crippen LogP contribution < -0.4 is 5.32 Å². The fourth-order valence-electron chi connectivity index (χ4n) is 2.53. The highest BCUT2D eigenvalue weighted by Crippen LogP contribution is 2.23. The summed E-state index contributed by atoms with van der Waals surface area (Å²) >= 11 is 7.69. The van der Waals surface area contributed by atoms with E-state index in [-0.39, 0.29) is 11.8 Å². The predicted octanol–water partition coefficient (Wildman–Crippen LogP) is 4.27. The molecule has 2 nitrogen and oxygen atoms in total. The van der Waals surface area contributed by atoms with E-state index in [1.807, 2.05) is 23.9 Å². The molecule has 2 rings (SSSR count). The van der Waals surface area contributed by atoms with Crippen LogP contribution in [0.5, 0.6) is 0 Å². The van der Waals surface area contributed by atoms with Crippen LogP contribution in [-0.2, 0) is 10.5 Å². The average Bonchev–Trinajstić information content (AvgIpc) is 2.49. The smallest absolute Gasteiger partial charge is 0.223 e. The second-order valence-corrected chi connectivity index (χ2v) is 6.85. The lowest BCUT2D eigenvalue weighted by Crippen LogP contribution is -2.33. The fraction of sp³-hybridized carbons (Fsp3) is 0.562. The molecule has 0 aromatic heterocycles. The van der Waals surface area contributed by atoms with Crippen molar-refractivity contribution in [2.24, 2.45) is 5.92 Å². The largest absolute Gasteiger partial charge is 0.355 e. The van der Waals surface area contributed by atoms with Crippen molar-refractivity contribution >= 4 is 29.3 Å². The molecule has 1 aliphatic rings. The van der Waals surface area contributed by atoms with E-state index in [1.165, 1.54) is 24.8 Å². The SMILES string of the molecule is O=C(NCCSCc1ccc(Cl)cc1)C1CCCCC1. The van der Waals surface area contributed by atoms with Crippen LogP contribution in [0.15, 0.2) is 24.3 Å². The van der Waals surface area contributed by atoms with Crippen LogP contribution in [0.4, 0.5) is 0 Å². The maximum atomic E-state index is 11.9. The van der Waals surface area contributed by atoms with Crippen LogP contribution >= 0.6 is 23.4 Å². The molecule has 20 heavy (non-hydrogen) atoms. The molecule has 1 fully saturated rings. The van der Waals surface area contributed by atoms with Crippen molar-refractivity contribution in [1.29, 1.82) is 0 Å². The molecular weight excluding hydrogens is 290 g/mol. The maximum absolute atomic E-state index is 11.9. The summed E-state index contributed by atoms with van der Waals surface area (Å²) < 4.78 is 0. The second-order valence-electron chi connectivity index (χ2n) is 5.31. The van der Waals surface area contributed by atoms with Gasteiger partial charge in [0.05, 0.1) is 0 Å². The summed E-state index contributed by atoms with van der Waals surface area (Å²) in [5.41, 5.74) is 1.28. The van der Waals surface area contributed by atoms with Gasteiger partial charge in [0, 0.05) is 29.0 Å². The van der Waals surface area contributed by atoms with Gasteiger partial charge in [-0.15, -0.1) is 0 Å². The van der Waals surface area contributed by atoms with Crippen molar-refractivity contribution in [3.05, 3.63) is 34.9 Å². The van der Waals surface area contributed by atoms with Crippen LogP contribution in [0, 0.1) is 5.92 Å². The molecule has 0 radical (unpaired) electrons. The Hall–Kier alpha value is -0.670. The minimum Gasteiger partial charge on any atom is -0.355 e. The first kappa shape index (κ1) is 15.7. The van der Waals surface area contributed by atoms with Gasteiger partial charge in [-0.1, -0.05) is 43.0 Å². The Morgan fingerprint density at radius 1 is 1.20 bits per heavy atom. The summed E-state index contributed by atoms with van der Waals surface area (Å²) in [5.74, 6) is 2.46. The van der Waals surface area contributed by atoms with Crippen molar-refractivity contribution in [3.63, 3.8) is 0 Å². The number of benzene rings is 1. The van der Waals surface area contributed by atoms with Gasteiger partial charge in [0.2, 0.25) is 5.91 Å². The maximum Gasteiger partial charge on any atom is 0.223 e. The van der Waals surface area contributed by atoms with Crippen molar-refractivity contribution in [1.82, 2.24) is 5.32 Å². The van der Waals surface area contributed by atoms with Crippen molar-refractivity contribution < 1.29 is 4.79 Å². The monoisotopic (exact) mass is 311 g/mol. The van der Waals surface area contributed by atoms with Gasteiger partial charge in [-0.3, -0.25) is 4.79 Å². The van der Waals surface area contributed by atoms with Gasteiger partial charge >= 0.3 is 0 Å². The van der Waals surface area contributed by atoms with Gasteiger partial charge in [0.15, 0.2) is 0 Å². The lowest BCUT2D eigenvalue weighted by atomic mass is 9.89. The van der Waals surface area contributed by atoms with Crippen LogP contribution in [-0.4, -0.2) is 18.2 Å². The molecule has 0 spiro atoms. The Bertz CT molecular complexity index is 415. The molecule has 1 aliphatic carbocycles. The summed E-state index contributed by atoms with van der Waals surface area (Å²) in [5, 5.41) is 3.84. The third kappa shape index (κ3) is 5.37. The Morgan fingerprint density at radius 2 is 1.90 bits per heavy atom. The summed E-state index contributed by atoms with van der Waals surface area (Å²) in [7, 11) is 0. The van der Waals surface area contributed by atoms with E-state index in [4.69, 9.17) is 11.6 Å². The Labute approximate surface area is 130 Å². The number of halogens is 1. The van der Waals surface area contributed by atoms with Crippen LogP contribution in [0.3, 0.4) is 0 Å². The van der Waals surface area contributed by atoms with Crippen LogP contribution in [0.2, 0.25) is 5.02 Å². The molecule has 0 saturated heterocycles. The zero-order valence-corrected chi connectivity index (χ0v) is 13.3. The fourth-order valence-corrected chi connectivity index (χ4v) is 3.47. The third-order valence-electron chi connectivity index (χ3n) is 3.70. The van der Waals surface area contributed by atoms with Crippen molar-refractivity contribution in [3.8, 4) is 0 Å². The molecule has 0 heterocycles. The summed E-state index contributed by atoms with van der Waals surface area (Å²) in [6, 6.07) is 7.94.